The Labute approximate surface area is 260 Å². The molecule has 6 rings (SSSR count). The van der Waals surface area contributed by atoms with Crippen LogP contribution in [0.25, 0.3) is 22.2 Å². The fraction of sp³-hybridized carbons (Fsp3) is 0.206. The van der Waals surface area contributed by atoms with Crippen LogP contribution in [0.1, 0.15) is 18.5 Å². The van der Waals surface area contributed by atoms with E-state index in [1.54, 1.807) is 48.7 Å². The lowest BCUT2D eigenvalue weighted by Gasteiger charge is -2.32. The van der Waals surface area contributed by atoms with Crippen molar-refractivity contribution in [2.45, 2.75) is 25.8 Å². The van der Waals surface area contributed by atoms with Gasteiger partial charge in [0.05, 0.1) is 29.7 Å². The lowest BCUT2D eigenvalue weighted by molar-refractivity contribution is -0.126. The first-order valence-electron chi connectivity index (χ1n) is 14.5. The molecule has 0 radical (unpaired) electrons. The zero-order valence-corrected chi connectivity index (χ0v) is 25.0. The molecule has 228 valence electrons. The Hall–Kier alpha value is -5.58. The van der Waals surface area contributed by atoms with Gasteiger partial charge in [0.2, 0.25) is 5.91 Å². The highest BCUT2D eigenvalue weighted by molar-refractivity contribution is 5.95. The fourth-order valence-corrected chi connectivity index (χ4v) is 5.23. The molecule has 0 aliphatic carbocycles. The number of piperidine rings is 1. The van der Waals surface area contributed by atoms with Crippen LogP contribution in [0.15, 0.2) is 86.0 Å². The predicted octanol–water partition coefficient (Wildman–Crippen LogP) is 6.67. The first kappa shape index (κ1) is 29.5. The van der Waals surface area contributed by atoms with Crippen molar-refractivity contribution in [3.63, 3.8) is 0 Å². The van der Waals surface area contributed by atoms with E-state index in [1.165, 1.54) is 18.5 Å². The number of amides is 1. The quantitative estimate of drug-likeness (QED) is 0.178. The number of aromatic nitrogens is 4. The summed E-state index contributed by atoms with van der Waals surface area (Å²) in [6.07, 6.45) is 7.72. The predicted molar refractivity (Wildman–Crippen MR) is 171 cm³/mol. The van der Waals surface area contributed by atoms with Gasteiger partial charge in [0.1, 0.15) is 35.2 Å². The molecular formula is C34H32FN7O3. The van der Waals surface area contributed by atoms with E-state index >= 15 is 4.39 Å². The zero-order valence-electron chi connectivity index (χ0n) is 25.0. The minimum atomic E-state index is -0.510. The summed E-state index contributed by atoms with van der Waals surface area (Å²) in [6.45, 7) is 6.78. The van der Waals surface area contributed by atoms with Gasteiger partial charge in [-0.2, -0.15) is 0 Å². The Balaban J connectivity index is 1.19. The first-order chi connectivity index (χ1) is 21.9. The molecule has 4 heterocycles. The molecule has 0 bridgehead atoms. The largest absolute Gasteiger partial charge is 0.495 e. The average Bonchev–Trinajstić information content (AvgIpc) is 3.06. The molecule has 5 aromatic rings. The van der Waals surface area contributed by atoms with Crippen LogP contribution < -0.4 is 20.1 Å². The average molecular weight is 606 g/mol. The molecule has 10 nitrogen and oxygen atoms in total. The summed E-state index contributed by atoms with van der Waals surface area (Å²) in [7, 11) is 1.60. The molecule has 11 heteroatoms. The molecule has 2 aromatic carbocycles. The van der Waals surface area contributed by atoms with Crippen LogP contribution in [0.4, 0.5) is 21.6 Å². The molecule has 1 amide bonds. The summed E-state index contributed by atoms with van der Waals surface area (Å²) in [5.74, 6) is 1.36. The van der Waals surface area contributed by atoms with Gasteiger partial charge in [-0.25, -0.2) is 14.4 Å². The molecule has 1 fully saturated rings. The van der Waals surface area contributed by atoms with E-state index in [-0.39, 0.29) is 17.6 Å². The van der Waals surface area contributed by atoms with Gasteiger partial charge < -0.3 is 25.0 Å². The van der Waals surface area contributed by atoms with Gasteiger partial charge in [-0.1, -0.05) is 6.58 Å². The molecule has 0 saturated carbocycles. The molecule has 45 heavy (non-hydrogen) atoms. The van der Waals surface area contributed by atoms with Crippen LogP contribution in [-0.4, -0.2) is 57.0 Å². The Morgan fingerprint density at radius 3 is 2.56 bits per heavy atom. The number of hydrogen-bond donors (Lipinski definition) is 2. The number of rotatable bonds is 9. The zero-order chi connectivity index (χ0) is 31.3. The van der Waals surface area contributed by atoms with E-state index in [0.29, 0.717) is 52.8 Å². The number of pyridine rings is 2. The van der Waals surface area contributed by atoms with Crippen LogP contribution in [0.5, 0.6) is 17.2 Å². The number of halogens is 1. The van der Waals surface area contributed by atoms with Gasteiger partial charge in [0.15, 0.2) is 0 Å². The van der Waals surface area contributed by atoms with Crippen molar-refractivity contribution in [1.82, 2.24) is 24.8 Å². The van der Waals surface area contributed by atoms with Gasteiger partial charge in [0.25, 0.3) is 0 Å². The first-order valence-corrected chi connectivity index (χ1v) is 14.5. The summed E-state index contributed by atoms with van der Waals surface area (Å²) < 4.78 is 27.0. The number of ether oxygens (including phenoxy) is 2. The number of benzene rings is 2. The molecule has 0 spiro atoms. The van der Waals surface area contributed by atoms with Gasteiger partial charge in [-0.3, -0.25) is 14.8 Å². The van der Waals surface area contributed by atoms with Crippen molar-refractivity contribution in [1.29, 1.82) is 0 Å². The Kier molecular flexibility index (Phi) is 8.50. The molecule has 1 aliphatic rings. The van der Waals surface area contributed by atoms with Crippen molar-refractivity contribution in [3.05, 3.63) is 97.5 Å². The monoisotopic (exact) mass is 605 g/mol. The van der Waals surface area contributed by atoms with Gasteiger partial charge in [0, 0.05) is 66.4 Å². The molecular weight excluding hydrogens is 573 g/mol. The molecule has 1 saturated heterocycles. The number of nitrogens with one attached hydrogen (secondary N) is 2. The van der Waals surface area contributed by atoms with Crippen LogP contribution >= 0.6 is 0 Å². The second kappa shape index (κ2) is 13.0. The van der Waals surface area contributed by atoms with Crippen molar-refractivity contribution in [2.75, 3.05) is 30.8 Å². The number of carbonyl (C=O) groups excluding carboxylic acids is 1. The van der Waals surface area contributed by atoms with Crippen LogP contribution in [0.3, 0.4) is 0 Å². The van der Waals surface area contributed by atoms with Crippen molar-refractivity contribution < 1.29 is 18.7 Å². The molecule has 0 atom stereocenters. The number of hydrogen-bond acceptors (Lipinski definition) is 9. The SMILES string of the molecule is C=CC(=O)N1CCC(Nc2cc3c(Nc4ccc(Oc5ccnc(-c6ccc(C)nc6)c5)cc4F)ncnc3cc2OC)CC1. The summed E-state index contributed by atoms with van der Waals surface area (Å²) in [6, 6.07) is 15.8. The number of aryl methyl sites for hydroxylation is 1. The summed E-state index contributed by atoms with van der Waals surface area (Å²) in [4.78, 5) is 31.3. The van der Waals surface area contributed by atoms with Crippen LogP contribution in [0, 0.1) is 12.7 Å². The lowest BCUT2D eigenvalue weighted by Crippen LogP contribution is -2.41. The number of anilines is 3. The number of carbonyl (C=O) groups is 1. The highest BCUT2D eigenvalue weighted by atomic mass is 19.1. The maximum absolute atomic E-state index is 15.4. The van der Waals surface area contributed by atoms with Gasteiger partial charge in [-0.15, -0.1) is 0 Å². The van der Waals surface area contributed by atoms with Crippen LogP contribution in [-0.2, 0) is 4.79 Å². The third kappa shape index (κ3) is 6.67. The number of fused-ring (bicyclic) bond motifs is 1. The van der Waals surface area contributed by atoms with E-state index in [1.807, 2.05) is 31.2 Å². The Morgan fingerprint density at radius 2 is 1.82 bits per heavy atom. The minimum Gasteiger partial charge on any atom is -0.495 e. The molecule has 2 N–H and O–H groups in total. The van der Waals surface area contributed by atoms with Gasteiger partial charge in [-0.05, 0) is 62.2 Å². The highest BCUT2D eigenvalue weighted by Crippen LogP contribution is 2.35. The van der Waals surface area contributed by atoms with E-state index in [0.717, 1.165) is 29.8 Å². The molecule has 1 aliphatic heterocycles. The second-order valence-electron chi connectivity index (χ2n) is 10.7. The highest BCUT2D eigenvalue weighted by Gasteiger charge is 2.23. The summed E-state index contributed by atoms with van der Waals surface area (Å²) >= 11 is 0. The van der Waals surface area contributed by atoms with E-state index < -0.39 is 5.82 Å². The van der Waals surface area contributed by atoms with Crippen molar-refractivity contribution in [2.24, 2.45) is 0 Å². The van der Waals surface area contributed by atoms with E-state index in [2.05, 4.69) is 37.1 Å². The molecule has 3 aromatic heterocycles. The summed E-state index contributed by atoms with van der Waals surface area (Å²) in [5.41, 5.74) is 4.10. The van der Waals surface area contributed by atoms with Crippen molar-refractivity contribution in [3.8, 4) is 28.5 Å². The topological polar surface area (TPSA) is 114 Å². The number of nitrogens with zero attached hydrogens (tertiary/aromatic N) is 5. The lowest BCUT2D eigenvalue weighted by atomic mass is 10.0. The van der Waals surface area contributed by atoms with E-state index in [4.69, 9.17) is 9.47 Å². The third-order valence-corrected chi connectivity index (χ3v) is 7.67. The second-order valence-corrected chi connectivity index (χ2v) is 10.7. The minimum absolute atomic E-state index is 0.0567. The number of methoxy groups -OCH3 is 1. The summed E-state index contributed by atoms with van der Waals surface area (Å²) in [5, 5.41) is 7.35. The van der Waals surface area contributed by atoms with E-state index in [9.17, 15) is 4.79 Å². The standard InChI is InChI=1S/C34H32FN7O3/c1-4-33(43)42-13-10-23(11-14-42)40-31-17-26-30(18-32(31)44-3)38-20-39-34(26)41-28-8-7-24(15-27(28)35)45-25-9-12-36-29(16-25)22-6-5-21(2)37-19-22/h4-9,12,15-20,23,40H,1,10-11,13-14H2,2-3H3,(H,38,39,41). The normalized spacial score (nSPS) is 13.4. The molecule has 0 unspecified atom stereocenters. The van der Waals surface area contributed by atoms with Crippen molar-refractivity contribution >= 4 is 34.0 Å². The third-order valence-electron chi connectivity index (χ3n) is 7.67. The van der Waals surface area contributed by atoms with Crippen LogP contribution in [0.2, 0.25) is 0 Å². The maximum atomic E-state index is 15.4. The maximum Gasteiger partial charge on any atom is 0.245 e. The van der Waals surface area contributed by atoms with Gasteiger partial charge >= 0.3 is 0 Å². The smallest absolute Gasteiger partial charge is 0.245 e. The number of likely N-dealkylation sites (tertiary alicyclic amines) is 1. The Morgan fingerprint density at radius 1 is 1.00 bits per heavy atom. The fourth-order valence-electron chi connectivity index (χ4n) is 5.23. The Bertz CT molecular complexity index is 1860.